The topological polar surface area (TPSA) is 185 Å². The molecule has 5 heterocycles. The second-order valence-electron chi connectivity index (χ2n) is 12.0. The van der Waals surface area contributed by atoms with Crippen LogP contribution in [0.3, 0.4) is 0 Å². The molecule has 0 spiro atoms. The molecule has 2 saturated heterocycles. The first-order chi connectivity index (χ1) is 21.3. The Bertz CT molecular complexity index is 1700. The molecule has 12 heteroatoms. The normalized spacial score (nSPS) is 23.9. The van der Waals surface area contributed by atoms with Crippen molar-refractivity contribution in [2.24, 2.45) is 11.8 Å². The lowest BCUT2D eigenvalue weighted by molar-refractivity contribution is -0.137. The maximum atomic E-state index is 12.6. The van der Waals surface area contributed by atoms with Crippen molar-refractivity contribution in [3.05, 3.63) is 80.3 Å². The minimum Gasteiger partial charge on any atom is -0.502 e. The molecule has 5 rings (SSSR count). The Labute approximate surface area is 265 Å². The van der Waals surface area contributed by atoms with Crippen molar-refractivity contribution < 1.29 is 34.5 Å². The van der Waals surface area contributed by atoms with Crippen molar-refractivity contribution in [3.8, 4) is 0 Å². The lowest BCUT2D eigenvalue weighted by atomic mass is 9.91. The molecular weight excluding hydrogens is 596 g/mol. The third kappa shape index (κ3) is 6.37. The van der Waals surface area contributed by atoms with E-state index in [1.807, 2.05) is 45.5 Å². The van der Waals surface area contributed by atoms with Gasteiger partial charge in [-0.3, -0.25) is 14.4 Å². The fraction of sp³-hybridized carbons (Fsp3) is 0.394. The molecule has 45 heavy (non-hydrogen) atoms. The van der Waals surface area contributed by atoms with Gasteiger partial charge in [-0.15, -0.1) is 0 Å². The maximum Gasteiger partial charge on any atom is 0.370 e. The summed E-state index contributed by atoms with van der Waals surface area (Å²) in [6.07, 6.45) is 5.53. The molecule has 0 radical (unpaired) electrons. The molecule has 0 unspecified atom stereocenters. The van der Waals surface area contributed by atoms with E-state index >= 15 is 0 Å². The monoisotopic (exact) mass is 634 g/mol. The van der Waals surface area contributed by atoms with Crippen LogP contribution in [0.25, 0.3) is 12.2 Å². The number of aliphatic carboxylic acids is 2. The molecule has 0 saturated carbocycles. The van der Waals surface area contributed by atoms with Crippen molar-refractivity contribution in [2.45, 2.75) is 64.7 Å². The smallest absolute Gasteiger partial charge is 0.370 e. The Morgan fingerprint density at radius 2 is 1.76 bits per heavy atom. The number of nitrogens with one attached hydrogen (secondary N) is 4. The van der Waals surface area contributed by atoms with E-state index in [-0.39, 0.29) is 49.0 Å². The summed E-state index contributed by atoms with van der Waals surface area (Å²) in [7, 11) is 0. The van der Waals surface area contributed by atoms with E-state index in [4.69, 9.17) is 0 Å². The maximum absolute atomic E-state index is 12.6. The van der Waals surface area contributed by atoms with Gasteiger partial charge in [0.15, 0.2) is 0 Å². The van der Waals surface area contributed by atoms with E-state index in [2.05, 4.69) is 27.2 Å². The summed E-state index contributed by atoms with van der Waals surface area (Å²) >= 11 is 1.82. The summed E-state index contributed by atoms with van der Waals surface area (Å²) in [6.45, 7) is 11.3. The number of hydrogen-bond acceptors (Lipinski definition) is 6. The number of H-pyrrole nitrogens is 2. The minimum absolute atomic E-state index is 0.0120. The van der Waals surface area contributed by atoms with Gasteiger partial charge in [0.05, 0.1) is 6.04 Å². The first-order valence-electron chi connectivity index (χ1n) is 14.8. The van der Waals surface area contributed by atoms with Crippen LogP contribution in [0.15, 0.2) is 35.3 Å². The van der Waals surface area contributed by atoms with E-state index in [9.17, 15) is 34.5 Å². The molecule has 11 nitrogen and oxygen atoms in total. The number of carbonyl (C=O) groups is 4. The summed E-state index contributed by atoms with van der Waals surface area (Å²) in [5.41, 5.74) is 8.02. The minimum atomic E-state index is -1.47. The molecule has 0 bridgehead atoms. The van der Waals surface area contributed by atoms with Gasteiger partial charge in [-0.2, -0.15) is 11.8 Å². The number of aliphatic hydroxyl groups is 1. The number of rotatable bonds is 12. The SMILES string of the molecule is C=CC1=C(C)[C@@H](Cc2[nH]c(Cc3[nH]c(/C=C4\NC(=O)[C@H](C)[C@H]4[C@H]4CS4)c(C)c3CCC(=O)O)c(/C=C(/O)C(=O)O)c2C)NC1=O. The molecule has 4 atom stereocenters. The van der Waals surface area contributed by atoms with Crippen molar-refractivity contribution in [2.75, 3.05) is 5.75 Å². The van der Waals surface area contributed by atoms with E-state index in [0.717, 1.165) is 50.8 Å². The zero-order chi connectivity index (χ0) is 32.7. The molecule has 7 N–H and O–H groups in total. The second kappa shape index (κ2) is 12.5. The van der Waals surface area contributed by atoms with Crippen LogP contribution in [-0.4, -0.2) is 66.1 Å². The van der Waals surface area contributed by atoms with Gasteiger partial charge in [0, 0.05) is 81.7 Å². The predicted octanol–water partition coefficient (Wildman–Crippen LogP) is 3.93. The van der Waals surface area contributed by atoms with E-state index in [0.29, 0.717) is 28.5 Å². The standard InChI is InChI=1S/C33H38N4O7S/c1-6-18-14(2)23(36-32(18)42)10-21-16(4)20(9-27(38)33(43)44)25(35-21)12-24-19(7-8-29(39)40)15(3)22(34-24)11-26-30(28-13-45-28)17(5)31(41)37-26/h6,9,11,17,23,28,30,34-35,38H,1,7-8,10,12-13H2,2-5H3,(H,36,42)(H,37,41)(H,39,40)(H,43,44)/b26-11-,27-9+/t17-,23-,28-,30-/m1/s1. The number of allylic oxidation sites excluding steroid dienone is 1. The van der Waals surface area contributed by atoms with E-state index in [1.54, 1.807) is 0 Å². The average Bonchev–Trinajstić information content (AvgIpc) is 3.56. The molecule has 3 aliphatic rings. The molecule has 238 valence electrons. The van der Waals surface area contributed by atoms with Crippen LogP contribution >= 0.6 is 11.8 Å². The number of amides is 2. The largest absolute Gasteiger partial charge is 0.502 e. The Kier molecular flexibility index (Phi) is 8.88. The van der Waals surface area contributed by atoms with E-state index in [1.165, 1.54) is 12.2 Å². The Morgan fingerprint density at radius 3 is 2.36 bits per heavy atom. The average molecular weight is 635 g/mol. The fourth-order valence-electron chi connectivity index (χ4n) is 6.45. The van der Waals surface area contributed by atoms with Crippen molar-refractivity contribution in [3.63, 3.8) is 0 Å². The summed E-state index contributed by atoms with van der Waals surface area (Å²) in [6, 6.07) is -0.292. The van der Waals surface area contributed by atoms with Crippen LogP contribution < -0.4 is 10.6 Å². The lowest BCUT2D eigenvalue weighted by Gasteiger charge is -2.12. The van der Waals surface area contributed by atoms with Crippen molar-refractivity contribution >= 4 is 47.7 Å². The zero-order valence-electron chi connectivity index (χ0n) is 25.7. The van der Waals surface area contributed by atoms with Crippen LogP contribution in [0.1, 0.15) is 65.3 Å². The van der Waals surface area contributed by atoms with Crippen LogP contribution in [-0.2, 0) is 38.4 Å². The number of carboxylic acids is 2. The number of carboxylic acid groups (broad SMARTS) is 2. The second-order valence-corrected chi connectivity index (χ2v) is 13.2. The summed E-state index contributed by atoms with van der Waals surface area (Å²) in [5.74, 6) is -2.50. The molecule has 0 aromatic carbocycles. The van der Waals surface area contributed by atoms with Gasteiger partial charge in [-0.1, -0.05) is 19.6 Å². The van der Waals surface area contributed by atoms with E-state index < -0.39 is 17.7 Å². The first kappa shape index (κ1) is 32.0. The molecule has 2 aromatic rings. The number of thioether (sulfide) groups is 1. The highest BCUT2D eigenvalue weighted by Gasteiger charge is 2.45. The third-order valence-electron chi connectivity index (χ3n) is 9.18. The number of aromatic amines is 2. The highest BCUT2D eigenvalue weighted by atomic mass is 32.2. The highest BCUT2D eigenvalue weighted by Crippen LogP contribution is 2.46. The zero-order valence-corrected chi connectivity index (χ0v) is 26.5. The molecule has 2 amide bonds. The molecule has 2 aromatic heterocycles. The number of carbonyl (C=O) groups excluding carboxylic acids is 2. The van der Waals surface area contributed by atoms with Crippen molar-refractivity contribution in [1.29, 1.82) is 0 Å². The van der Waals surface area contributed by atoms with Crippen LogP contribution in [0.2, 0.25) is 0 Å². The summed E-state index contributed by atoms with van der Waals surface area (Å²) in [4.78, 5) is 55.0. The molecular formula is C33H38N4O7S. The van der Waals surface area contributed by atoms with Crippen LogP contribution in [0, 0.1) is 25.7 Å². The Morgan fingerprint density at radius 1 is 1.04 bits per heavy atom. The highest BCUT2D eigenvalue weighted by molar-refractivity contribution is 8.06. The lowest BCUT2D eigenvalue weighted by Crippen LogP contribution is -2.30. The first-order valence-corrected chi connectivity index (χ1v) is 15.9. The quantitative estimate of drug-likeness (QED) is 0.104. The van der Waals surface area contributed by atoms with Gasteiger partial charge in [0.2, 0.25) is 11.7 Å². The Hall–Kier alpha value is -4.45. The van der Waals surface area contributed by atoms with Gasteiger partial charge in [0.1, 0.15) is 0 Å². The predicted molar refractivity (Wildman–Crippen MR) is 172 cm³/mol. The molecule has 3 aliphatic heterocycles. The van der Waals surface area contributed by atoms with Crippen LogP contribution in [0.4, 0.5) is 0 Å². The van der Waals surface area contributed by atoms with Gasteiger partial charge in [-0.25, -0.2) is 4.79 Å². The van der Waals surface area contributed by atoms with Crippen molar-refractivity contribution in [1.82, 2.24) is 20.6 Å². The van der Waals surface area contributed by atoms with Gasteiger partial charge < -0.3 is 35.9 Å². The van der Waals surface area contributed by atoms with Crippen LogP contribution in [0.5, 0.6) is 0 Å². The Balaban J connectivity index is 1.56. The molecule has 0 aliphatic carbocycles. The molecule has 2 fully saturated rings. The third-order valence-corrected chi connectivity index (χ3v) is 10.2. The summed E-state index contributed by atoms with van der Waals surface area (Å²) < 4.78 is 0. The number of aromatic nitrogens is 2. The number of hydrogen-bond donors (Lipinski definition) is 7. The summed E-state index contributed by atoms with van der Waals surface area (Å²) in [5, 5.41) is 35.5. The van der Waals surface area contributed by atoms with Gasteiger partial charge in [-0.05, 0) is 61.6 Å². The fourth-order valence-corrected chi connectivity index (χ4v) is 7.36. The van der Waals surface area contributed by atoms with Gasteiger partial charge >= 0.3 is 11.9 Å². The van der Waals surface area contributed by atoms with Gasteiger partial charge in [0.25, 0.3) is 5.91 Å². The number of aliphatic hydroxyl groups excluding tert-OH is 1.